The average molecular weight is 406 g/mol. The van der Waals surface area contributed by atoms with Crippen LogP contribution in [0.1, 0.15) is 12.8 Å². The van der Waals surface area contributed by atoms with Crippen LogP contribution >= 0.6 is 51.3 Å². The van der Waals surface area contributed by atoms with Gasteiger partial charge in [0.25, 0.3) is 0 Å². The SMILES string of the molecule is NC(=S)CCCNS(=O)(=O)c1c(Cl)cc(Br)cc1Cl. The fourth-order valence-electron chi connectivity index (χ4n) is 1.33. The molecule has 0 unspecified atom stereocenters. The minimum absolute atomic E-state index is 0.0567. The van der Waals surface area contributed by atoms with E-state index >= 15 is 0 Å². The zero-order valence-corrected chi connectivity index (χ0v) is 14.4. The van der Waals surface area contributed by atoms with E-state index in [9.17, 15) is 8.42 Å². The smallest absolute Gasteiger partial charge is 0.243 e. The van der Waals surface area contributed by atoms with Crippen molar-refractivity contribution in [2.45, 2.75) is 17.7 Å². The van der Waals surface area contributed by atoms with Gasteiger partial charge in [0.15, 0.2) is 0 Å². The highest BCUT2D eigenvalue weighted by atomic mass is 79.9. The lowest BCUT2D eigenvalue weighted by atomic mass is 10.3. The number of benzene rings is 1. The molecule has 1 aromatic rings. The van der Waals surface area contributed by atoms with Gasteiger partial charge >= 0.3 is 0 Å². The average Bonchev–Trinajstić information content (AvgIpc) is 2.22. The van der Waals surface area contributed by atoms with Crippen LogP contribution in [0.15, 0.2) is 21.5 Å². The van der Waals surface area contributed by atoms with Crippen LogP contribution in [0.3, 0.4) is 0 Å². The van der Waals surface area contributed by atoms with Crippen LogP contribution in [-0.2, 0) is 10.0 Å². The lowest BCUT2D eigenvalue weighted by Gasteiger charge is -2.10. The summed E-state index contributed by atoms with van der Waals surface area (Å²) in [6, 6.07) is 2.94. The third kappa shape index (κ3) is 5.17. The summed E-state index contributed by atoms with van der Waals surface area (Å²) >= 11 is 19.7. The Balaban J connectivity index is 2.86. The van der Waals surface area contributed by atoms with Crippen LogP contribution in [0.25, 0.3) is 0 Å². The third-order valence-electron chi connectivity index (χ3n) is 2.12. The maximum absolute atomic E-state index is 12.1. The zero-order chi connectivity index (χ0) is 14.6. The first kappa shape index (κ1) is 17.1. The van der Waals surface area contributed by atoms with E-state index in [2.05, 4.69) is 20.7 Å². The Labute approximate surface area is 135 Å². The fourth-order valence-corrected chi connectivity index (χ4v) is 4.48. The Morgan fingerprint density at radius 3 is 2.37 bits per heavy atom. The van der Waals surface area contributed by atoms with E-state index in [-0.39, 0.29) is 21.5 Å². The molecular weight excluding hydrogens is 395 g/mol. The predicted octanol–water partition coefficient (Wildman–Crippen LogP) is 3.10. The van der Waals surface area contributed by atoms with Crippen LogP contribution in [0.4, 0.5) is 0 Å². The molecule has 0 aliphatic carbocycles. The number of hydrogen-bond acceptors (Lipinski definition) is 3. The lowest BCUT2D eigenvalue weighted by Crippen LogP contribution is -2.26. The molecule has 0 spiro atoms. The Hall–Kier alpha value is 0.0800. The molecule has 106 valence electrons. The quantitative estimate of drug-likeness (QED) is 0.563. The summed E-state index contributed by atoms with van der Waals surface area (Å²) in [6.07, 6.45) is 0.986. The van der Waals surface area contributed by atoms with Crippen molar-refractivity contribution in [3.05, 3.63) is 26.7 Å². The Bertz CT molecular complexity index is 570. The van der Waals surface area contributed by atoms with E-state index < -0.39 is 10.0 Å². The summed E-state index contributed by atoms with van der Waals surface area (Å²) < 4.78 is 27.2. The predicted molar refractivity (Wildman–Crippen MR) is 85.4 cm³/mol. The topological polar surface area (TPSA) is 72.2 Å². The molecule has 0 amide bonds. The summed E-state index contributed by atoms with van der Waals surface area (Å²) in [7, 11) is -3.76. The Morgan fingerprint density at radius 2 is 1.89 bits per heavy atom. The molecule has 0 aliphatic heterocycles. The standard InChI is InChI=1S/C10H11BrCl2N2O2S2/c11-6-4-7(12)10(8(13)5-6)19(16,17)15-3-1-2-9(14)18/h4-5,15H,1-3H2,(H2,14,18). The van der Waals surface area contributed by atoms with Crippen molar-refractivity contribution < 1.29 is 8.42 Å². The number of sulfonamides is 1. The third-order valence-corrected chi connectivity index (χ3v) is 5.17. The summed E-state index contributed by atoms with van der Waals surface area (Å²) in [5.41, 5.74) is 5.33. The molecule has 0 bridgehead atoms. The molecule has 0 aromatic heterocycles. The first-order chi connectivity index (χ1) is 8.74. The van der Waals surface area contributed by atoms with Crippen molar-refractivity contribution in [1.82, 2.24) is 4.72 Å². The highest BCUT2D eigenvalue weighted by Crippen LogP contribution is 2.32. The summed E-state index contributed by atoms with van der Waals surface area (Å²) in [5.74, 6) is 0. The summed E-state index contributed by atoms with van der Waals surface area (Å²) in [4.78, 5) is 0.216. The first-order valence-corrected chi connectivity index (χ1v) is 8.60. The number of nitrogens with two attached hydrogens (primary N) is 1. The van der Waals surface area contributed by atoms with E-state index in [0.29, 0.717) is 22.3 Å². The molecule has 19 heavy (non-hydrogen) atoms. The first-order valence-electron chi connectivity index (χ1n) is 5.16. The number of nitrogens with one attached hydrogen (secondary N) is 1. The summed E-state index contributed by atoms with van der Waals surface area (Å²) in [6.45, 7) is 0.211. The molecular formula is C10H11BrCl2N2O2S2. The Morgan fingerprint density at radius 1 is 1.37 bits per heavy atom. The maximum atomic E-state index is 12.1. The molecule has 1 rings (SSSR count). The molecule has 0 radical (unpaired) electrons. The van der Waals surface area contributed by atoms with Gasteiger partial charge < -0.3 is 5.73 Å². The normalized spacial score (nSPS) is 11.5. The summed E-state index contributed by atoms with van der Waals surface area (Å²) in [5, 5.41) is 0.113. The maximum Gasteiger partial charge on any atom is 0.243 e. The highest BCUT2D eigenvalue weighted by molar-refractivity contribution is 9.10. The second-order valence-electron chi connectivity index (χ2n) is 3.67. The van der Waals surface area contributed by atoms with Crippen molar-refractivity contribution in [3.8, 4) is 0 Å². The molecule has 4 nitrogen and oxygen atoms in total. The molecule has 0 saturated heterocycles. The van der Waals surface area contributed by atoms with Crippen LogP contribution in [0, 0.1) is 0 Å². The fraction of sp³-hybridized carbons (Fsp3) is 0.300. The van der Waals surface area contributed by atoms with Gasteiger partial charge in [0.05, 0.1) is 15.0 Å². The zero-order valence-electron chi connectivity index (χ0n) is 9.62. The molecule has 0 fully saturated rings. The van der Waals surface area contributed by atoms with E-state index in [1.165, 1.54) is 12.1 Å². The molecule has 9 heteroatoms. The number of hydrogen-bond donors (Lipinski definition) is 2. The lowest BCUT2D eigenvalue weighted by molar-refractivity contribution is 0.580. The van der Waals surface area contributed by atoms with Crippen LogP contribution < -0.4 is 10.5 Å². The monoisotopic (exact) mass is 404 g/mol. The van der Waals surface area contributed by atoms with Gasteiger partial charge in [-0.05, 0) is 25.0 Å². The largest absolute Gasteiger partial charge is 0.393 e. The van der Waals surface area contributed by atoms with Crippen LogP contribution in [0.2, 0.25) is 10.0 Å². The van der Waals surface area contributed by atoms with Gasteiger partial charge in [-0.2, -0.15) is 0 Å². The molecule has 0 heterocycles. The van der Waals surface area contributed by atoms with Crippen molar-refractivity contribution in [3.63, 3.8) is 0 Å². The van der Waals surface area contributed by atoms with E-state index in [1.807, 2.05) is 0 Å². The number of thiocarbonyl (C=S) groups is 1. The molecule has 3 N–H and O–H groups in total. The Kier molecular flexibility index (Phi) is 6.49. The second kappa shape index (κ2) is 7.19. The van der Waals surface area contributed by atoms with E-state index in [4.69, 9.17) is 41.2 Å². The molecule has 0 aliphatic rings. The second-order valence-corrected chi connectivity index (χ2v) is 7.62. The van der Waals surface area contributed by atoms with Crippen molar-refractivity contribution in [2.24, 2.45) is 5.73 Å². The van der Waals surface area contributed by atoms with Gasteiger partial charge in [-0.3, -0.25) is 0 Å². The van der Waals surface area contributed by atoms with Gasteiger partial charge in [-0.15, -0.1) is 0 Å². The minimum atomic E-state index is -3.76. The minimum Gasteiger partial charge on any atom is -0.393 e. The van der Waals surface area contributed by atoms with Gasteiger partial charge in [0.2, 0.25) is 10.0 Å². The van der Waals surface area contributed by atoms with Gasteiger partial charge in [-0.1, -0.05) is 51.3 Å². The van der Waals surface area contributed by atoms with Crippen molar-refractivity contribution in [2.75, 3.05) is 6.54 Å². The van der Waals surface area contributed by atoms with Crippen LogP contribution in [-0.4, -0.2) is 20.0 Å². The molecule has 0 atom stereocenters. The van der Waals surface area contributed by atoms with Gasteiger partial charge in [0, 0.05) is 11.0 Å². The van der Waals surface area contributed by atoms with E-state index in [0.717, 1.165) is 0 Å². The molecule has 1 aromatic carbocycles. The van der Waals surface area contributed by atoms with Crippen molar-refractivity contribution >= 4 is 66.4 Å². The number of halogens is 3. The van der Waals surface area contributed by atoms with Gasteiger partial charge in [-0.25, -0.2) is 13.1 Å². The van der Waals surface area contributed by atoms with E-state index in [1.54, 1.807) is 0 Å². The van der Waals surface area contributed by atoms with Crippen LogP contribution in [0.5, 0.6) is 0 Å². The van der Waals surface area contributed by atoms with Gasteiger partial charge in [0.1, 0.15) is 4.90 Å². The molecule has 0 saturated carbocycles. The highest BCUT2D eigenvalue weighted by Gasteiger charge is 2.21. The van der Waals surface area contributed by atoms with Crippen molar-refractivity contribution in [1.29, 1.82) is 0 Å². The number of rotatable bonds is 6.